The first kappa shape index (κ1) is 26.9. The van der Waals surface area contributed by atoms with E-state index in [-0.39, 0.29) is 16.5 Å². The Hall–Kier alpha value is -4.14. The van der Waals surface area contributed by atoms with Crippen molar-refractivity contribution in [3.8, 4) is 22.8 Å². The Morgan fingerprint density at radius 1 is 0.842 bits per heavy atom. The number of rotatable bonds is 10. The highest BCUT2D eigenvalue weighted by molar-refractivity contribution is 5.81. The van der Waals surface area contributed by atoms with E-state index >= 15 is 0 Å². The molecule has 0 radical (unpaired) electrons. The Morgan fingerprint density at radius 3 is 2.21 bits per heavy atom. The minimum Gasteiger partial charge on any atom is -0.494 e. The van der Waals surface area contributed by atoms with E-state index in [0.29, 0.717) is 47.4 Å². The van der Waals surface area contributed by atoms with Crippen molar-refractivity contribution in [1.82, 2.24) is 0 Å². The Bertz CT molecular complexity index is 1460. The molecule has 0 fully saturated rings. The molecule has 200 valence electrons. The van der Waals surface area contributed by atoms with Gasteiger partial charge in [0.1, 0.15) is 22.8 Å². The molecule has 38 heavy (non-hydrogen) atoms. The summed E-state index contributed by atoms with van der Waals surface area (Å²) >= 11 is 0. The number of unbranched alkanes of at least 4 members (excludes halogenated alkanes) is 3. The van der Waals surface area contributed by atoms with Crippen molar-refractivity contribution < 1.29 is 27.1 Å². The lowest BCUT2D eigenvalue weighted by molar-refractivity contribution is -0.137. The average Bonchev–Trinajstić information content (AvgIpc) is 2.89. The predicted molar refractivity (Wildman–Crippen MR) is 142 cm³/mol. The Kier molecular flexibility index (Phi) is 8.14. The van der Waals surface area contributed by atoms with E-state index in [1.807, 2.05) is 0 Å². The summed E-state index contributed by atoms with van der Waals surface area (Å²) in [5.41, 5.74) is 12.4. The van der Waals surface area contributed by atoms with E-state index in [2.05, 4.69) is 0 Å². The van der Waals surface area contributed by atoms with Crippen LogP contribution in [0, 0.1) is 6.92 Å². The average molecular weight is 527 g/mol. The minimum absolute atomic E-state index is 0.0958. The number of fused-ring (bicyclic) bond motifs is 1. The highest BCUT2D eigenvalue weighted by Crippen LogP contribution is 2.33. The van der Waals surface area contributed by atoms with E-state index in [4.69, 9.17) is 25.4 Å². The van der Waals surface area contributed by atoms with Gasteiger partial charge in [0.15, 0.2) is 5.43 Å². The molecule has 0 aliphatic heterocycles. The van der Waals surface area contributed by atoms with Crippen LogP contribution in [0.2, 0.25) is 0 Å². The number of hydrogen-bond acceptors (Lipinski definition) is 6. The molecule has 6 nitrogen and oxygen atoms in total. The number of nitrogen functional groups attached to an aromatic ring is 2. The molecule has 0 spiro atoms. The van der Waals surface area contributed by atoms with Gasteiger partial charge in [0.2, 0.25) is 0 Å². The van der Waals surface area contributed by atoms with Crippen LogP contribution in [0.4, 0.5) is 24.5 Å². The smallest absolute Gasteiger partial charge is 0.416 e. The number of anilines is 2. The first-order valence-electron chi connectivity index (χ1n) is 12.3. The fraction of sp³-hybridized carbons (Fsp3) is 0.276. The third kappa shape index (κ3) is 6.40. The number of ether oxygens (including phenoxy) is 2. The van der Waals surface area contributed by atoms with Gasteiger partial charge in [0, 0.05) is 22.9 Å². The maximum Gasteiger partial charge on any atom is 0.416 e. The van der Waals surface area contributed by atoms with Gasteiger partial charge in [0.05, 0.1) is 29.9 Å². The molecule has 1 heterocycles. The maximum absolute atomic E-state index is 13.0. The molecule has 1 aromatic heterocycles. The first-order chi connectivity index (χ1) is 18.1. The molecular formula is C29H29F3N2O4. The van der Waals surface area contributed by atoms with Gasteiger partial charge in [-0.2, -0.15) is 13.2 Å². The standard InChI is InChI=1S/C29H29F3N2O4/c1-18-27(35)23-16-20(29(30,31)32)8-13-25(23)38-28(18)19-6-10-22(11-7-19)36-14-4-2-3-5-15-37-26-17-21(33)9-12-24(26)34/h6-13,16-17H,2-5,14-15,33-34H2,1H3. The zero-order chi connectivity index (χ0) is 27.3. The summed E-state index contributed by atoms with van der Waals surface area (Å²) in [4.78, 5) is 12.8. The van der Waals surface area contributed by atoms with Gasteiger partial charge in [0.25, 0.3) is 0 Å². The third-order valence-electron chi connectivity index (χ3n) is 6.16. The summed E-state index contributed by atoms with van der Waals surface area (Å²) in [6.45, 7) is 2.65. The fourth-order valence-corrected chi connectivity index (χ4v) is 4.05. The van der Waals surface area contributed by atoms with Gasteiger partial charge >= 0.3 is 6.18 Å². The van der Waals surface area contributed by atoms with Crippen LogP contribution in [0.5, 0.6) is 11.5 Å². The molecule has 0 unspecified atom stereocenters. The molecule has 0 aliphatic rings. The molecule has 9 heteroatoms. The van der Waals surface area contributed by atoms with Crippen LogP contribution >= 0.6 is 0 Å². The van der Waals surface area contributed by atoms with Crippen LogP contribution in [0.1, 0.15) is 36.8 Å². The van der Waals surface area contributed by atoms with Gasteiger partial charge in [-0.05, 0) is 87.2 Å². The quantitative estimate of drug-likeness (QED) is 0.171. The second-order valence-corrected chi connectivity index (χ2v) is 9.03. The number of hydrogen-bond donors (Lipinski definition) is 2. The summed E-state index contributed by atoms with van der Waals surface area (Å²) in [6.07, 6.45) is -0.817. The zero-order valence-electron chi connectivity index (χ0n) is 20.9. The van der Waals surface area contributed by atoms with Crippen molar-refractivity contribution in [1.29, 1.82) is 0 Å². The highest BCUT2D eigenvalue weighted by atomic mass is 19.4. The first-order valence-corrected chi connectivity index (χ1v) is 12.3. The summed E-state index contributed by atoms with van der Waals surface area (Å²) in [6, 6.07) is 15.2. The molecule has 3 aromatic carbocycles. The predicted octanol–water partition coefficient (Wildman–Crippen LogP) is 6.97. The van der Waals surface area contributed by atoms with Crippen LogP contribution < -0.4 is 26.4 Å². The molecule has 0 saturated carbocycles. The number of benzene rings is 3. The highest BCUT2D eigenvalue weighted by Gasteiger charge is 2.31. The monoisotopic (exact) mass is 526 g/mol. The van der Waals surface area contributed by atoms with Crippen LogP contribution in [0.15, 0.2) is 69.9 Å². The Balaban J connectivity index is 1.27. The Labute approximate surface area is 218 Å². The van der Waals surface area contributed by atoms with Crippen molar-refractivity contribution in [2.45, 2.75) is 38.8 Å². The largest absolute Gasteiger partial charge is 0.494 e. The molecule has 4 N–H and O–H groups in total. The van der Waals surface area contributed by atoms with Crippen molar-refractivity contribution in [3.63, 3.8) is 0 Å². The summed E-state index contributed by atoms with van der Waals surface area (Å²) < 4.78 is 56.4. The number of nitrogens with two attached hydrogens (primary N) is 2. The van der Waals surface area contributed by atoms with E-state index in [1.54, 1.807) is 49.4 Å². The summed E-state index contributed by atoms with van der Waals surface area (Å²) in [5.74, 6) is 1.59. The second-order valence-electron chi connectivity index (χ2n) is 9.03. The van der Waals surface area contributed by atoms with Gasteiger partial charge in [-0.25, -0.2) is 0 Å². The number of alkyl halides is 3. The SMILES string of the molecule is Cc1c(-c2ccc(OCCCCCCOc3cc(N)ccc3N)cc2)oc2ccc(C(F)(F)F)cc2c1=O. The van der Waals surface area contributed by atoms with Gasteiger partial charge in [-0.3, -0.25) is 4.79 Å². The Morgan fingerprint density at radius 2 is 1.53 bits per heavy atom. The molecule has 4 aromatic rings. The molecular weight excluding hydrogens is 497 g/mol. The van der Waals surface area contributed by atoms with E-state index in [0.717, 1.165) is 37.8 Å². The van der Waals surface area contributed by atoms with Gasteiger partial charge in [-0.15, -0.1) is 0 Å². The summed E-state index contributed by atoms with van der Waals surface area (Å²) in [5, 5.41) is -0.0958. The van der Waals surface area contributed by atoms with Crippen molar-refractivity contribution >= 4 is 22.3 Å². The van der Waals surface area contributed by atoms with Crippen molar-refractivity contribution in [2.75, 3.05) is 24.7 Å². The molecule has 0 bridgehead atoms. The van der Waals surface area contributed by atoms with Gasteiger partial charge in [-0.1, -0.05) is 0 Å². The van der Waals surface area contributed by atoms with Crippen LogP contribution in [-0.4, -0.2) is 13.2 Å². The normalized spacial score (nSPS) is 11.6. The lowest BCUT2D eigenvalue weighted by Crippen LogP contribution is -2.10. The molecule has 0 saturated heterocycles. The molecule has 0 atom stereocenters. The second kappa shape index (κ2) is 11.5. The lowest BCUT2D eigenvalue weighted by atomic mass is 10.0. The fourth-order valence-electron chi connectivity index (χ4n) is 4.05. The zero-order valence-corrected chi connectivity index (χ0v) is 20.9. The van der Waals surface area contributed by atoms with Crippen molar-refractivity contribution in [2.24, 2.45) is 0 Å². The molecule has 0 amide bonds. The molecule has 4 rings (SSSR count). The summed E-state index contributed by atoms with van der Waals surface area (Å²) in [7, 11) is 0. The maximum atomic E-state index is 13.0. The minimum atomic E-state index is -4.54. The van der Waals surface area contributed by atoms with Crippen molar-refractivity contribution in [3.05, 3.63) is 82.0 Å². The van der Waals surface area contributed by atoms with Crippen LogP contribution in [0.3, 0.4) is 0 Å². The third-order valence-corrected chi connectivity index (χ3v) is 6.16. The number of halogens is 3. The molecule has 0 aliphatic carbocycles. The van der Waals surface area contributed by atoms with Crippen LogP contribution in [0.25, 0.3) is 22.3 Å². The topological polar surface area (TPSA) is 101 Å². The van der Waals surface area contributed by atoms with Crippen LogP contribution in [-0.2, 0) is 6.18 Å². The van der Waals surface area contributed by atoms with E-state index in [9.17, 15) is 18.0 Å². The van der Waals surface area contributed by atoms with Gasteiger partial charge < -0.3 is 25.4 Å². The van der Waals surface area contributed by atoms with E-state index in [1.165, 1.54) is 6.07 Å². The van der Waals surface area contributed by atoms with E-state index < -0.39 is 17.2 Å². The lowest BCUT2D eigenvalue weighted by Gasteiger charge is -2.11.